The summed E-state index contributed by atoms with van der Waals surface area (Å²) in [6.07, 6.45) is 1.08. The van der Waals surface area contributed by atoms with Gasteiger partial charge in [0.05, 0.1) is 49.8 Å². The summed E-state index contributed by atoms with van der Waals surface area (Å²) in [6.45, 7) is 0.255. The minimum absolute atomic E-state index is 0.128. The molecule has 2 saturated heterocycles. The molecule has 0 saturated carbocycles. The number of thioether (sulfide) groups is 6. The first kappa shape index (κ1) is 38.1. The van der Waals surface area contributed by atoms with E-state index in [1.165, 1.54) is 23.0 Å². The molecule has 4 rings (SSSR count). The van der Waals surface area contributed by atoms with Gasteiger partial charge in [-0.15, -0.1) is 47.0 Å². The van der Waals surface area contributed by atoms with Crippen LogP contribution in [0.1, 0.15) is 12.8 Å². The molecule has 46 heavy (non-hydrogen) atoms. The number of ether oxygens (including phenoxy) is 6. The first-order valence-corrected chi connectivity index (χ1v) is 21.7. The zero-order valence-corrected chi connectivity index (χ0v) is 31.8. The van der Waals surface area contributed by atoms with E-state index in [0.29, 0.717) is 55.2 Å². The van der Waals surface area contributed by atoms with Crippen molar-refractivity contribution in [3.05, 3.63) is 24.3 Å². The first-order chi connectivity index (χ1) is 22.4. The molecule has 0 spiro atoms. The molecule has 2 atom stereocenters. The van der Waals surface area contributed by atoms with Gasteiger partial charge in [-0.25, -0.2) is 0 Å². The van der Waals surface area contributed by atoms with E-state index in [4.69, 9.17) is 28.4 Å². The minimum Gasteiger partial charge on any atom is -0.493 e. The van der Waals surface area contributed by atoms with Gasteiger partial charge >= 0.3 is 0 Å². The molecule has 2 unspecified atom stereocenters. The van der Waals surface area contributed by atoms with Crippen molar-refractivity contribution in [2.45, 2.75) is 34.2 Å². The van der Waals surface area contributed by atoms with Crippen molar-refractivity contribution in [3.8, 4) is 45.6 Å². The Morgan fingerprint density at radius 2 is 0.935 bits per heavy atom. The van der Waals surface area contributed by atoms with Crippen LogP contribution in [0.4, 0.5) is 0 Å². The monoisotopic (exact) mass is 750 g/mol. The first-order valence-electron chi connectivity index (χ1n) is 15.2. The fourth-order valence-corrected chi connectivity index (χ4v) is 12.9. The van der Waals surface area contributed by atoms with Crippen LogP contribution in [-0.4, -0.2) is 119 Å². The molecule has 2 heterocycles. The van der Waals surface area contributed by atoms with E-state index in [1.807, 2.05) is 71.3 Å². The molecular weight excluding hydrogens is 705 g/mol. The van der Waals surface area contributed by atoms with Crippen LogP contribution in [0.2, 0.25) is 0 Å². The third-order valence-electron chi connectivity index (χ3n) is 7.09. The second kappa shape index (κ2) is 20.7. The topological polar surface area (TPSA) is 95.8 Å². The van der Waals surface area contributed by atoms with E-state index in [2.05, 4.69) is 0 Å². The summed E-state index contributed by atoms with van der Waals surface area (Å²) in [7, 11) is 6.30. The van der Waals surface area contributed by atoms with Gasteiger partial charge in [-0.1, -0.05) is 0 Å². The number of aliphatic hydroxyl groups excluding tert-OH is 2. The summed E-state index contributed by atoms with van der Waals surface area (Å²) in [4.78, 5) is 0. The molecule has 0 amide bonds. The Morgan fingerprint density at radius 1 is 0.609 bits per heavy atom. The van der Waals surface area contributed by atoms with E-state index in [9.17, 15) is 10.2 Å². The van der Waals surface area contributed by atoms with Crippen LogP contribution in [0, 0.1) is 0 Å². The van der Waals surface area contributed by atoms with Gasteiger partial charge in [0.1, 0.15) is 13.2 Å². The maximum atomic E-state index is 10.6. The molecule has 0 aliphatic carbocycles. The molecule has 2 aromatic carbocycles. The number of hydrogen-bond donors (Lipinski definition) is 2. The second-order valence-corrected chi connectivity index (χ2v) is 18.6. The summed E-state index contributed by atoms with van der Waals surface area (Å²) in [6, 6.07) is 7.42. The summed E-state index contributed by atoms with van der Waals surface area (Å²) < 4.78 is 36.2. The smallest absolute Gasteiger partial charge is 0.203 e. The number of methoxy groups -OCH3 is 4. The van der Waals surface area contributed by atoms with E-state index in [-0.39, 0.29) is 13.2 Å². The van der Waals surface area contributed by atoms with Gasteiger partial charge in [-0.3, -0.25) is 0 Å². The van der Waals surface area contributed by atoms with E-state index in [0.717, 1.165) is 35.5 Å². The number of aliphatic hydroxyl groups is 2. The molecule has 2 aliphatic heterocycles. The van der Waals surface area contributed by atoms with Crippen molar-refractivity contribution >= 4 is 70.6 Å². The Labute approximate surface area is 299 Å². The normalized spacial score (nSPS) is 16.7. The highest BCUT2D eigenvalue weighted by atomic mass is 32.2. The molecule has 258 valence electrons. The maximum absolute atomic E-state index is 10.6. The van der Waals surface area contributed by atoms with Gasteiger partial charge in [0.25, 0.3) is 0 Å². The Balaban J connectivity index is 1.36. The van der Waals surface area contributed by atoms with Crippen molar-refractivity contribution in [1.82, 2.24) is 0 Å². The summed E-state index contributed by atoms with van der Waals surface area (Å²) in [5, 5.41) is 21.2. The van der Waals surface area contributed by atoms with Crippen LogP contribution >= 0.6 is 70.6 Å². The van der Waals surface area contributed by atoms with Crippen LogP contribution < -0.4 is 28.4 Å². The zero-order valence-electron chi connectivity index (χ0n) is 26.9. The van der Waals surface area contributed by atoms with Crippen molar-refractivity contribution in [2.75, 3.05) is 87.7 Å². The summed E-state index contributed by atoms with van der Waals surface area (Å²) >= 11 is 11.6. The molecule has 2 aliphatic rings. The highest BCUT2D eigenvalue weighted by Crippen LogP contribution is 2.46. The fourth-order valence-electron chi connectivity index (χ4n) is 4.78. The van der Waals surface area contributed by atoms with Gasteiger partial charge in [0, 0.05) is 34.5 Å². The van der Waals surface area contributed by atoms with Crippen molar-refractivity contribution in [3.63, 3.8) is 0 Å². The van der Waals surface area contributed by atoms with Gasteiger partial charge in [0.2, 0.25) is 11.5 Å². The highest BCUT2D eigenvalue weighted by molar-refractivity contribution is 8.20. The lowest BCUT2D eigenvalue weighted by atomic mass is 10.0. The quantitative estimate of drug-likeness (QED) is 0.132. The highest BCUT2D eigenvalue weighted by Gasteiger charge is 2.22. The predicted octanol–water partition coefficient (Wildman–Crippen LogP) is 6.73. The number of hydrogen-bond acceptors (Lipinski definition) is 14. The molecule has 0 bridgehead atoms. The molecule has 2 aromatic rings. The largest absolute Gasteiger partial charge is 0.493 e. The Kier molecular flexibility index (Phi) is 17.1. The summed E-state index contributed by atoms with van der Waals surface area (Å²) in [5.74, 6) is 11.0. The van der Waals surface area contributed by atoms with Crippen LogP contribution in [0.25, 0.3) is 11.1 Å². The fraction of sp³-hybridized carbons (Fsp3) is 0.625. The molecule has 0 radical (unpaired) electrons. The third-order valence-corrected chi connectivity index (χ3v) is 15.7. The van der Waals surface area contributed by atoms with Crippen LogP contribution in [0.15, 0.2) is 24.3 Å². The predicted molar refractivity (Wildman–Crippen MR) is 202 cm³/mol. The Morgan fingerprint density at radius 3 is 1.24 bits per heavy atom. The van der Waals surface area contributed by atoms with Gasteiger partial charge < -0.3 is 38.6 Å². The van der Waals surface area contributed by atoms with E-state index in [1.54, 1.807) is 52.0 Å². The SMILES string of the molecule is COc1cc(-c2cc(OC)c(OCC(O)CSCCC3SCCS3)c(OC)c2)cc(OC)c1OCC(O)CSCCC1SCCS1. The minimum atomic E-state index is -0.615. The second-order valence-electron chi connectivity index (χ2n) is 10.4. The Bertz CT molecular complexity index is 1050. The number of rotatable bonds is 21. The lowest BCUT2D eigenvalue weighted by molar-refractivity contribution is 0.121. The van der Waals surface area contributed by atoms with Crippen molar-refractivity contribution in [1.29, 1.82) is 0 Å². The molecular formula is C32H46O8S6. The zero-order chi connectivity index (χ0) is 32.7. The maximum Gasteiger partial charge on any atom is 0.203 e. The molecule has 2 fully saturated rings. The van der Waals surface area contributed by atoms with Gasteiger partial charge in [-0.05, 0) is 59.7 Å². The van der Waals surface area contributed by atoms with Crippen LogP contribution in [0.5, 0.6) is 34.5 Å². The van der Waals surface area contributed by atoms with Crippen LogP contribution in [0.3, 0.4) is 0 Å². The molecule has 14 heteroatoms. The average molecular weight is 751 g/mol. The van der Waals surface area contributed by atoms with Crippen molar-refractivity contribution in [2.24, 2.45) is 0 Å². The van der Waals surface area contributed by atoms with Gasteiger partial charge in [0.15, 0.2) is 23.0 Å². The van der Waals surface area contributed by atoms with Crippen molar-refractivity contribution < 1.29 is 38.6 Å². The molecule has 0 aromatic heterocycles. The third kappa shape index (κ3) is 11.7. The van der Waals surface area contributed by atoms with Gasteiger partial charge in [-0.2, -0.15) is 23.5 Å². The summed E-state index contributed by atoms with van der Waals surface area (Å²) in [5.41, 5.74) is 1.58. The van der Waals surface area contributed by atoms with Crippen LogP contribution in [-0.2, 0) is 0 Å². The molecule has 2 N–H and O–H groups in total. The number of benzene rings is 2. The lowest BCUT2D eigenvalue weighted by Gasteiger charge is -2.20. The standard InChI is InChI=1S/C32H46O8S6/c1-35-25-13-21(14-26(36-2)31(25)39-17-23(33)19-41-7-5-29-43-9-10-44-29)22-15-27(37-3)32(28(16-22)38-4)40-18-24(34)20-42-8-6-30-45-11-12-46-30/h13-16,23-24,29-30,33-34H,5-12,17-20H2,1-4H3. The average Bonchev–Trinajstić information content (AvgIpc) is 3.81. The lowest BCUT2D eigenvalue weighted by Crippen LogP contribution is -2.21. The Hall–Kier alpha value is -0.740. The van der Waals surface area contributed by atoms with E-state index >= 15 is 0 Å². The van der Waals surface area contributed by atoms with E-state index < -0.39 is 12.2 Å². The molecule has 8 nitrogen and oxygen atoms in total.